The van der Waals surface area contributed by atoms with Crippen LogP contribution in [0.4, 0.5) is 5.69 Å². The number of rotatable bonds is 9. The zero-order valence-corrected chi connectivity index (χ0v) is 20.4. The molecule has 1 heterocycles. The molecule has 1 N–H and O–H groups in total. The van der Waals surface area contributed by atoms with Crippen molar-refractivity contribution in [2.24, 2.45) is 0 Å². The van der Waals surface area contributed by atoms with Crippen LogP contribution in [-0.2, 0) is 17.8 Å². The molecule has 0 fully saturated rings. The van der Waals surface area contributed by atoms with E-state index in [-0.39, 0.29) is 11.2 Å². The smallest absolute Gasteiger partial charge is 0.237 e. The number of hydrogen-bond acceptors (Lipinski definition) is 5. The molecule has 0 aliphatic carbocycles. The van der Waals surface area contributed by atoms with Gasteiger partial charge in [0, 0.05) is 12.2 Å². The molecule has 1 unspecified atom stereocenters. The number of nitrogens with zero attached hydrogens (tertiary/aromatic N) is 3. The molecule has 0 aliphatic heterocycles. The molecule has 0 radical (unpaired) electrons. The molecule has 3 aromatic carbocycles. The number of carbonyl (C=O) groups excluding carboxylic acids is 1. The topological polar surface area (TPSA) is 69.0 Å². The normalized spacial score (nSPS) is 11.7. The van der Waals surface area contributed by atoms with Crippen molar-refractivity contribution in [1.82, 2.24) is 14.8 Å². The fraction of sp³-hybridized carbons (Fsp3) is 0.222. The number of anilines is 1. The Hall–Kier alpha value is -3.58. The van der Waals surface area contributed by atoms with Crippen molar-refractivity contribution in [3.05, 3.63) is 90.0 Å². The van der Waals surface area contributed by atoms with E-state index in [9.17, 15) is 4.79 Å². The van der Waals surface area contributed by atoms with Crippen LogP contribution in [0.25, 0.3) is 11.4 Å². The lowest BCUT2D eigenvalue weighted by Crippen LogP contribution is -2.23. The number of benzene rings is 3. The molecule has 6 nitrogen and oxygen atoms in total. The van der Waals surface area contributed by atoms with Crippen LogP contribution in [0.5, 0.6) is 5.75 Å². The van der Waals surface area contributed by atoms with Gasteiger partial charge in [0.25, 0.3) is 0 Å². The number of thioether (sulfide) groups is 1. The van der Waals surface area contributed by atoms with Crippen molar-refractivity contribution >= 4 is 23.4 Å². The predicted molar refractivity (Wildman–Crippen MR) is 137 cm³/mol. The molecule has 4 aromatic rings. The van der Waals surface area contributed by atoms with E-state index >= 15 is 0 Å². The highest BCUT2D eigenvalue weighted by Crippen LogP contribution is 2.32. The molecule has 1 atom stereocenters. The third kappa shape index (κ3) is 5.66. The number of aryl methyl sites for hydroxylation is 2. The minimum Gasteiger partial charge on any atom is -0.496 e. The Bertz CT molecular complexity index is 1240. The van der Waals surface area contributed by atoms with Crippen molar-refractivity contribution < 1.29 is 9.53 Å². The van der Waals surface area contributed by atoms with Crippen LogP contribution in [0.3, 0.4) is 0 Å². The van der Waals surface area contributed by atoms with Crippen LogP contribution < -0.4 is 10.1 Å². The van der Waals surface area contributed by atoms with Crippen LogP contribution in [0.1, 0.15) is 18.1 Å². The number of aromatic nitrogens is 3. The molecule has 0 spiro atoms. The Kier molecular flexibility index (Phi) is 7.65. The van der Waals surface area contributed by atoms with E-state index in [4.69, 9.17) is 4.74 Å². The average Bonchev–Trinajstić information content (AvgIpc) is 3.26. The Morgan fingerprint density at radius 3 is 2.44 bits per heavy atom. The number of hydrogen-bond donors (Lipinski definition) is 1. The number of nitrogens with one attached hydrogen (secondary N) is 1. The Labute approximate surface area is 204 Å². The van der Waals surface area contributed by atoms with E-state index in [1.807, 2.05) is 80.6 Å². The van der Waals surface area contributed by atoms with Crippen LogP contribution >= 0.6 is 11.8 Å². The third-order valence-electron chi connectivity index (χ3n) is 5.50. The number of carbonyl (C=O) groups is 1. The number of amides is 1. The van der Waals surface area contributed by atoms with Gasteiger partial charge in [0.05, 0.1) is 17.9 Å². The zero-order chi connectivity index (χ0) is 23.9. The lowest BCUT2D eigenvalue weighted by Gasteiger charge is -2.15. The van der Waals surface area contributed by atoms with Crippen molar-refractivity contribution in [3.8, 4) is 17.1 Å². The Morgan fingerprint density at radius 2 is 1.71 bits per heavy atom. The molecule has 0 bridgehead atoms. The summed E-state index contributed by atoms with van der Waals surface area (Å²) in [5.41, 5.74) is 4.02. The summed E-state index contributed by atoms with van der Waals surface area (Å²) >= 11 is 1.40. The Morgan fingerprint density at radius 1 is 1.00 bits per heavy atom. The average molecular weight is 473 g/mol. The first-order chi connectivity index (χ1) is 16.5. The standard InChI is InChI=1S/C27H28N4O2S/c1-19-13-15-22(16-14-19)28-26(32)20(2)34-27-30-29-25(23-11-7-8-12-24(23)33-3)31(27)18-17-21-9-5-4-6-10-21/h4-16,20H,17-18H2,1-3H3,(H,28,32). The monoisotopic (exact) mass is 472 g/mol. The quantitative estimate of drug-likeness (QED) is 0.320. The lowest BCUT2D eigenvalue weighted by molar-refractivity contribution is -0.115. The largest absolute Gasteiger partial charge is 0.496 e. The Balaban J connectivity index is 1.58. The molecule has 0 saturated heterocycles. The van der Waals surface area contributed by atoms with Gasteiger partial charge in [-0.05, 0) is 50.1 Å². The van der Waals surface area contributed by atoms with E-state index in [1.54, 1.807) is 7.11 Å². The molecule has 1 amide bonds. The highest BCUT2D eigenvalue weighted by atomic mass is 32.2. The molecule has 4 rings (SSSR count). The number of ether oxygens (including phenoxy) is 1. The second kappa shape index (κ2) is 11.0. The second-order valence-corrected chi connectivity index (χ2v) is 9.32. The summed E-state index contributed by atoms with van der Waals surface area (Å²) in [5.74, 6) is 1.38. The summed E-state index contributed by atoms with van der Waals surface area (Å²) < 4.78 is 7.64. The van der Waals surface area contributed by atoms with E-state index in [0.29, 0.717) is 11.7 Å². The van der Waals surface area contributed by atoms with Gasteiger partial charge in [-0.15, -0.1) is 10.2 Å². The SMILES string of the molecule is COc1ccccc1-c1nnc(SC(C)C(=O)Nc2ccc(C)cc2)n1CCc1ccccc1. The molecule has 7 heteroatoms. The van der Waals surface area contributed by atoms with Crippen LogP contribution in [-0.4, -0.2) is 33.0 Å². The summed E-state index contributed by atoms with van der Waals surface area (Å²) in [6.45, 7) is 4.58. The molecule has 34 heavy (non-hydrogen) atoms. The second-order valence-electron chi connectivity index (χ2n) is 8.01. The van der Waals surface area contributed by atoms with E-state index in [1.165, 1.54) is 17.3 Å². The van der Waals surface area contributed by atoms with E-state index < -0.39 is 0 Å². The van der Waals surface area contributed by atoms with Crippen molar-refractivity contribution in [3.63, 3.8) is 0 Å². The first kappa shape index (κ1) is 23.6. The number of para-hydroxylation sites is 1. The maximum Gasteiger partial charge on any atom is 0.237 e. The summed E-state index contributed by atoms with van der Waals surface area (Å²) in [7, 11) is 1.65. The first-order valence-electron chi connectivity index (χ1n) is 11.2. The molecule has 0 saturated carbocycles. The summed E-state index contributed by atoms with van der Waals surface area (Å²) in [5, 5.41) is 12.3. The highest BCUT2D eigenvalue weighted by molar-refractivity contribution is 8.00. The lowest BCUT2D eigenvalue weighted by atomic mass is 10.1. The summed E-state index contributed by atoms with van der Waals surface area (Å²) in [6.07, 6.45) is 0.818. The minimum absolute atomic E-state index is 0.0784. The van der Waals surface area contributed by atoms with Gasteiger partial charge in [-0.1, -0.05) is 71.9 Å². The van der Waals surface area contributed by atoms with E-state index in [2.05, 4.69) is 32.2 Å². The van der Waals surface area contributed by atoms with Gasteiger partial charge in [-0.3, -0.25) is 4.79 Å². The van der Waals surface area contributed by atoms with Crippen molar-refractivity contribution in [2.45, 2.75) is 37.2 Å². The van der Waals surface area contributed by atoms with Crippen LogP contribution in [0.15, 0.2) is 84.0 Å². The van der Waals surface area contributed by atoms with Gasteiger partial charge in [-0.25, -0.2) is 0 Å². The molecule has 1 aromatic heterocycles. The van der Waals surface area contributed by atoms with Crippen molar-refractivity contribution in [1.29, 1.82) is 0 Å². The van der Waals surface area contributed by atoms with Crippen molar-refractivity contribution in [2.75, 3.05) is 12.4 Å². The maximum atomic E-state index is 12.9. The van der Waals surface area contributed by atoms with Crippen LogP contribution in [0, 0.1) is 6.92 Å². The van der Waals surface area contributed by atoms with Crippen LogP contribution in [0.2, 0.25) is 0 Å². The summed E-state index contributed by atoms with van der Waals surface area (Å²) in [6, 6.07) is 25.9. The zero-order valence-electron chi connectivity index (χ0n) is 19.6. The summed E-state index contributed by atoms with van der Waals surface area (Å²) in [4.78, 5) is 12.9. The van der Waals surface area contributed by atoms with Gasteiger partial charge < -0.3 is 14.6 Å². The van der Waals surface area contributed by atoms with Gasteiger partial charge >= 0.3 is 0 Å². The third-order valence-corrected chi connectivity index (χ3v) is 6.58. The molecular weight excluding hydrogens is 444 g/mol. The molecule has 174 valence electrons. The molecule has 0 aliphatic rings. The molecular formula is C27H28N4O2S. The van der Waals surface area contributed by atoms with E-state index in [0.717, 1.165) is 34.8 Å². The van der Waals surface area contributed by atoms with Gasteiger partial charge in [0.1, 0.15) is 5.75 Å². The van der Waals surface area contributed by atoms with Gasteiger partial charge in [-0.2, -0.15) is 0 Å². The van der Waals surface area contributed by atoms with Gasteiger partial charge in [0.2, 0.25) is 5.91 Å². The van der Waals surface area contributed by atoms with Gasteiger partial charge in [0.15, 0.2) is 11.0 Å². The maximum absolute atomic E-state index is 12.9. The first-order valence-corrected chi connectivity index (χ1v) is 12.1. The number of methoxy groups -OCH3 is 1. The fourth-order valence-electron chi connectivity index (χ4n) is 3.58. The fourth-order valence-corrected chi connectivity index (χ4v) is 4.46. The predicted octanol–water partition coefficient (Wildman–Crippen LogP) is 5.62. The minimum atomic E-state index is -0.355. The highest BCUT2D eigenvalue weighted by Gasteiger charge is 2.22.